The van der Waals surface area contributed by atoms with Crippen molar-refractivity contribution in [2.45, 2.75) is 32.8 Å². The maximum absolute atomic E-state index is 13.9. The van der Waals surface area contributed by atoms with Gasteiger partial charge in [0.15, 0.2) is 5.82 Å². The molecule has 2 aromatic rings. The van der Waals surface area contributed by atoms with E-state index in [-0.39, 0.29) is 23.5 Å². The van der Waals surface area contributed by atoms with Crippen LogP contribution >= 0.6 is 0 Å². The first-order valence-corrected chi connectivity index (χ1v) is 6.44. The van der Waals surface area contributed by atoms with Crippen LogP contribution in [-0.2, 0) is 12.0 Å². The molecule has 0 fully saturated rings. The maximum atomic E-state index is 13.9. The molecule has 1 heterocycles. The van der Waals surface area contributed by atoms with Gasteiger partial charge in [0.2, 0.25) is 0 Å². The molecule has 1 aromatic heterocycles. The minimum Gasteiger partial charge on any atom is -0.436 e. The van der Waals surface area contributed by atoms with Crippen molar-refractivity contribution < 1.29 is 14.2 Å². The lowest BCUT2D eigenvalue weighted by molar-refractivity contribution is 0.273. The molecule has 3 nitrogen and oxygen atoms in total. The van der Waals surface area contributed by atoms with Crippen molar-refractivity contribution >= 4 is 0 Å². The van der Waals surface area contributed by atoms with E-state index in [1.165, 1.54) is 17.8 Å². The molecule has 4 heteroatoms. The van der Waals surface area contributed by atoms with Crippen LogP contribution in [0.5, 0.6) is 11.6 Å². The first-order chi connectivity index (χ1) is 9.41. The minimum atomic E-state index is -0.630. The second-order valence-electron chi connectivity index (χ2n) is 5.62. The second-order valence-corrected chi connectivity index (χ2v) is 5.62. The van der Waals surface area contributed by atoms with Crippen LogP contribution in [0.1, 0.15) is 31.9 Å². The van der Waals surface area contributed by atoms with Crippen molar-refractivity contribution in [3.63, 3.8) is 0 Å². The molecule has 0 aliphatic rings. The van der Waals surface area contributed by atoms with Gasteiger partial charge in [0.25, 0.3) is 5.88 Å². The second kappa shape index (κ2) is 5.59. The third-order valence-electron chi connectivity index (χ3n) is 3.04. The van der Waals surface area contributed by atoms with Crippen molar-refractivity contribution in [1.82, 2.24) is 4.98 Å². The van der Waals surface area contributed by atoms with E-state index < -0.39 is 5.82 Å². The average Bonchev–Trinajstić information content (AvgIpc) is 2.41. The molecule has 0 atom stereocenters. The van der Waals surface area contributed by atoms with Crippen LogP contribution in [0.25, 0.3) is 0 Å². The normalized spacial score (nSPS) is 11.4. The topological polar surface area (TPSA) is 42.4 Å². The zero-order valence-corrected chi connectivity index (χ0v) is 11.9. The van der Waals surface area contributed by atoms with Gasteiger partial charge in [-0.3, -0.25) is 0 Å². The quantitative estimate of drug-likeness (QED) is 0.926. The standard InChI is InChI=1S/C16H18FNO2/c1-16(2,3)12-4-6-13(7-5-12)20-15-14(17)11(10-19)8-9-18-15/h4-9,19H,10H2,1-3H3. The van der Waals surface area contributed by atoms with Crippen LogP contribution < -0.4 is 4.74 Å². The summed E-state index contributed by atoms with van der Waals surface area (Å²) in [6.45, 7) is 5.98. The fourth-order valence-corrected chi connectivity index (χ4v) is 1.79. The Morgan fingerprint density at radius 2 is 1.80 bits per heavy atom. The number of hydrogen-bond acceptors (Lipinski definition) is 3. The van der Waals surface area contributed by atoms with Crippen molar-refractivity contribution in [3.05, 3.63) is 53.5 Å². The predicted molar refractivity (Wildman–Crippen MR) is 75.3 cm³/mol. The number of aromatic nitrogens is 1. The number of rotatable bonds is 3. The van der Waals surface area contributed by atoms with Crippen molar-refractivity contribution in [3.8, 4) is 11.6 Å². The van der Waals surface area contributed by atoms with Gasteiger partial charge in [0, 0.05) is 11.8 Å². The molecule has 2 rings (SSSR count). The van der Waals surface area contributed by atoms with Gasteiger partial charge in [-0.15, -0.1) is 0 Å². The van der Waals surface area contributed by atoms with Gasteiger partial charge < -0.3 is 9.84 Å². The molecule has 0 amide bonds. The van der Waals surface area contributed by atoms with E-state index in [4.69, 9.17) is 9.84 Å². The smallest absolute Gasteiger partial charge is 0.256 e. The highest BCUT2D eigenvalue weighted by Crippen LogP contribution is 2.27. The lowest BCUT2D eigenvalue weighted by atomic mass is 9.87. The fraction of sp³-hybridized carbons (Fsp3) is 0.312. The summed E-state index contributed by atoms with van der Waals surface area (Å²) in [6, 6.07) is 8.89. The monoisotopic (exact) mass is 275 g/mol. The van der Waals surface area contributed by atoms with Crippen LogP contribution in [0.4, 0.5) is 4.39 Å². The highest BCUT2D eigenvalue weighted by Gasteiger charge is 2.14. The molecule has 0 radical (unpaired) electrons. The molecule has 0 aliphatic heterocycles. The van der Waals surface area contributed by atoms with Crippen LogP contribution in [0.2, 0.25) is 0 Å². The van der Waals surface area contributed by atoms with Gasteiger partial charge in [-0.25, -0.2) is 9.37 Å². The highest BCUT2D eigenvalue weighted by molar-refractivity contribution is 5.34. The number of halogens is 1. The zero-order chi connectivity index (χ0) is 14.8. The van der Waals surface area contributed by atoms with E-state index >= 15 is 0 Å². The summed E-state index contributed by atoms with van der Waals surface area (Å²) in [7, 11) is 0. The van der Waals surface area contributed by atoms with E-state index in [0.717, 1.165) is 0 Å². The molecule has 106 valence electrons. The number of pyridine rings is 1. The molecule has 20 heavy (non-hydrogen) atoms. The van der Waals surface area contributed by atoms with Gasteiger partial charge in [-0.2, -0.15) is 0 Å². The Morgan fingerprint density at radius 1 is 1.15 bits per heavy atom. The summed E-state index contributed by atoms with van der Waals surface area (Å²) in [4.78, 5) is 3.85. The van der Waals surface area contributed by atoms with E-state index in [0.29, 0.717) is 5.75 Å². The summed E-state index contributed by atoms with van der Waals surface area (Å²) in [6.07, 6.45) is 1.41. The lowest BCUT2D eigenvalue weighted by Gasteiger charge is -2.19. The van der Waals surface area contributed by atoms with Crippen LogP contribution in [0.3, 0.4) is 0 Å². The Morgan fingerprint density at radius 3 is 2.35 bits per heavy atom. The minimum absolute atomic E-state index is 0.0544. The Kier molecular flexibility index (Phi) is 4.04. The Bertz CT molecular complexity index is 588. The molecule has 0 spiro atoms. The van der Waals surface area contributed by atoms with Crippen LogP contribution in [0, 0.1) is 5.82 Å². The lowest BCUT2D eigenvalue weighted by Crippen LogP contribution is -2.10. The van der Waals surface area contributed by atoms with Crippen molar-refractivity contribution in [2.24, 2.45) is 0 Å². The zero-order valence-electron chi connectivity index (χ0n) is 11.9. The number of aliphatic hydroxyl groups is 1. The van der Waals surface area contributed by atoms with Gasteiger partial charge in [-0.1, -0.05) is 32.9 Å². The molecular weight excluding hydrogens is 257 g/mol. The molecule has 0 unspecified atom stereocenters. The SMILES string of the molecule is CC(C)(C)c1ccc(Oc2nccc(CO)c2F)cc1. The number of ether oxygens (including phenoxy) is 1. The largest absolute Gasteiger partial charge is 0.436 e. The summed E-state index contributed by atoms with van der Waals surface area (Å²) in [5.74, 6) is -0.241. The molecule has 0 saturated heterocycles. The molecule has 0 saturated carbocycles. The van der Waals surface area contributed by atoms with Crippen LogP contribution in [-0.4, -0.2) is 10.1 Å². The van der Waals surface area contributed by atoms with E-state index in [2.05, 4.69) is 25.8 Å². The van der Waals surface area contributed by atoms with Gasteiger partial charge in [0.1, 0.15) is 5.75 Å². The molecule has 1 N–H and O–H groups in total. The van der Waals surface area contributed by atoms with Crippen molar-refractivity contribution in [2.75, 3.05) is 0 Å². The third kappa shape index (κ3) is 3.14. The van der Waals surface area contributed by atoms with Crippen LogP contribution in [0.15, 0.2) is 36.5 Å². The molecule has 0 bridgehead atoms. The molecule has 0 aliphatic carbocycles. The van der Waals surface area contributed by atoms with Gasteiger partial charge in [0.05, 0.1) is 6.61 Å². The molecule has 1 aromatic carbocycles. The maximum Gasteiger partial charge on any atom is 0.256 e. The first kappa shape index (κ1) is 14.5. The number of aliphatic hydroxyl groups excluding tert-OH is 1. The van der Waals surface area contributed by atoms with Crippen molar-refractivity contribution in [1.29, 1.82) is 0 Å². The van der Waals surface area contributed by atoms with E-state index in [9.17, 15) is 4.39 Å². The Hall–Kier alpha value is -1.94. The Balaban J connectivity index is 2.23. The van der Waals surface area contributed by atoms with Gasteiger partial charge >= 0.3 is 0 Å². The number of nitrogens with zero attached hydrogens (tertiary/aromatic N) is 1. The fourth-order valence-electron chi connectivity index (χ4n) is 1.79. The summed E-state index contributed by atoms with van der Waals surface area (Å²) in [5.41, 5.74) is 1.39. The average molecular weight is 275 g/mol. The van der Waals surface area contributed by atoms with E-state index in [1.54, 1.807) is 12.1 Å². The predicted octanol–water partition coefficient (Wildman–Crippen LogP) is 3.80. The Labute approximate surface area is 118 Å². The number of hydrogen-bond donors (Lipinski definition) is 1. The summed E-state index contributed by atoms with van der Waals surface area (Å²) >= 11 is 0. The summed E-state index contributed by atoms with van der Waals surface area (Å²) < 4.78 is 19.3. The number of benzene rings is 1. The highest BCUT2D eigenvalue weighted by atomic mass is 19.1. The summed E-state index contributed by atoms with van der Waals surface area (Å²) in [5, 5.41) is 9.01. The van der Waals surface area contributed by atoms with E-state index in [1.807, 2.05) is 12.1 Å². The third-order valence-corrected chi connectivity index (χ3v) is 3.04. The first-order valence-electron chi connectivity index (χ1n) is 6.44. The molecular formula is C16H18FNO2. The van der Waals surface area contributed by atoms with Gasteiger partial charge in [-0.05, 0) is 29.2 Å².